The summed E-state index contributed by atoms with van der Waals surface area (Å²) in [7, 11) is -6.23. The molecule has 0 aromatic carbocycles. The van der Waals surface area contributed by atoms with E-state index < -0.39 is 83.3 Å². The number of methoxy groups -OCH3 is 1. The summed E-state index contributed by atoms with van der Waals surface area (Å²) in [5.74, 6) is -1.00. The van der Waals surface area contributed by atoms with Crippen LogP contribution in [0.15, 0.2) is 23.8 Å². The third-order valence-electron chi connectivity index (χ3n) is 11.4. The lowest BCUT2D eigenvalue weighted by Gasteiger charge is -2.43. The second-order valence-corrected chi connectivity index (χ2v) is 24.6. The SMILES string of the molecule is CO[C@H]1[C@H]2OP(=O)(O)OC[C@@H]3[C@@H](O[P@](=O)(S)OC[C@H]1O[C@H]2n1cnc2c(=O)[nH]c(N)nc21)C(O[Si](C)(C)C(C)(C)C)C1(n2cnc4c(N)ncnc42)C[C@@H]31. The number of imidazole rings is 2. The number of thiol groups is 1. The first-order chi connectivity index (χ1) is 25.3. The smallest absolute Gasteiger partial charge is 0.409 e. The van der Waals surface area contributed by atoms with Gasteiger partial charge in [0, 0.05) is 13.0 Å². The molecule has 2 saturated heterocycles. The molecule has 8 rings (SSSR count). The molecular formula is C29H42N10O11P2SSi. The van der Waals surface area contributed by atoms with Gasteiger partial charge in [0.05, 0.1) is 37.5 Å². The number of aromatic nitrogens is 8. The van der Waals surface area contributed by atoms with Gasteiger partial charge in [-0.05, 0) is 30.5 Å². The lowest BCUT2D eigenvalue weighted by molar-refractivity contribution is -0.0580. The standard InChI is InChI=1S/C29H42N10O11P2SSi/c1-28(2,3)54(5,6)50-21-18-13(14-7-29(14,21)39-12-35-16-22(30)32-10-33-23(16)39)8-45-51(41,42)48-20-19(44-4)15(9-46-52(43,53)49-18)47-26(20)38-11-34-17-24(38)36-27(31)37-25(17)40/h10-15,18-21,26H,7-9H2,1-6H3,(H,41,42)(H,43,53)(H2,30,32,33)(H3,31,36,37,40)/t13-,14-,15+,18+,19+,20+,21?,26+,29?,52+/m0/s1. The van der Waals surface area contributed by atoms with Crippen molar-refractivity contribution < 1.29 is 46.0 Å². The van der Waals surface area contributed by atoms with Crippen molar-refractivity contribution in [1.29, 1.82) is 0 Å². The lowest BCUT2D eigenvalue weighted by Crippen LogP contribution is -2.52. The largest absolute Gasteiger partial charge is 0.472 e. The molecule has 2 bridgehead atoms. The Labute approximate surface area is 314 Å². The van der Waals surface area contributed by atoms with Gasteiger partial charge in [-0.2, -0.15) is 4.98 Å². The van der Waals surface area contributed by atoms with Crippen LogP contribution >= 0.6 is 26.9 Å². The Hall–Kier alpha value is -2.79. The monoisotopic (exact) mass is 828 g/mol. The molecule has 4 aromatic rings. The molecular weight excluding hydrogens is 786 g/mol. The minimum atomic E-state index is -4.95. The van der Waals surface area contributed by atoms with Crippen LogP contribution in [0.3, 0.4) is 0 Å². The fraction of sp³-hybridized carbons (Fsp3) is 0.655. The normalized spacial score (nSPS) is 37.4. The van der Waals surface area contributed by atoms with Crippen molar-refractivity contribution in [3.63, 3.8) is 0 Å². The van der Waals surface area contributed by atoms with Crippen molar-refractivity contribution >= 4 is 69.3 Å². The Morgan fingerprint density at radius 3 is 2.52 bits per heavy atom. The molecule has 0 spiro atoms. The van der Waals surface area contributed by atoms with E-state index in [-0.39, 0.29) is 40.5 Å². The van der Waals surface area contributed by atoms with Crippen LogP contribution in [0, 0.1) is 11.8 Å². The predicted octanol–water partition coefficient (Wildman–Crippen LogP) is 2.73. The van der Waals surface area contributed by atoms with Gasteiger partial charge in [0.2, 0.25) is 5.95 Å². The van der Waals surface area contributed by atoms with Crippen LogP contribution in [-0.4, -0.2) is 103 Å². The molecule has 2 aliphatic carbocycles. The highest BCUT2D eigenvalue weighted by molar-refractivity contribution is 8.44. The average Bonchev–Trinajstić information content (AvgIpc) is 3.38. The van der Waals surface area contributed by atoms with Crippen LogP contribution in [0.4, 0.5) is 11.8 Å². The van der Waals surface area contributed by atoms with Gasteiger partial charge >= 0.3 is 14.6 Å². The number of ether oxygens (including phenoxy) is 2. The Morgan fingerprint density at radius 2 is 1.80 bits per heavy atom. The average molecular weight is 829 g/mol. The van der Waals surface area contributed by atoms with Crippen molar-refractivity contribution in [3.05, 3.63) is 29.3 Å². The van der Waals surface area contributed by atoms with Crippen molar-refractivity contribution in [3.8, 4) is 0 Å². The molecule has 3 unspecified atom stereocenters. The van der Waals surface area contributed by atoms with E-state index in [2.05, 4.69) is 76.0 Å². The van der Waals surface area contributed by atoms with Gasteiger partial charge in [-0.3, -0.25) is 32.4 Å². The van der Waals surface area contributed by atoms with Gasteiger partial charge in [-0.15, -0.1) is 0 Å². The zero-order valence-corrected chi connectivity index (χ0v) is 33.8. The van der Waals surface area contributed by atoms with E-state index in [1.165, 1.54) is 24.3 Å². The molecule has 0 radical (unpaired) electrons. The number of hydrogen-bond acceptors (Lipinski definition) is 17. The number of phosphoric acid groups is 1. The van der Waals surface area contributed by atoms with Crippen LogP contribution < -0.4 is 17.0 Å². The second kappa shape index (κ2) is 12.9. The van der Waals surface area contributed by atoms with Crippen LogP contribution in [0.2, 0.25) is 18.1 Å². The van der Waals surface area contributed by atoms with E-state index in [9.17, 15) is 18.8 Å². The number of nitrogen functional groups attached to an aromatic ring is 2. The number of nitrogens with one attached hydrogen (secondary N) is 1. The van der Waals surface area contributed by atoms with Gasteiger partial charge < -0.3 is 34.8 Å². The quantitative estimate of drug-likeness (QED) is 0.110. The second-order valence-electron chi connectivity index (χ2n) is 15.5. The summed E-state index contributed by atoms with van der Waals surface area (Å²) in [6.07, 6.45) is -1.90. The fourth-order valence-electron chi connectivity index (χ4n) is 7.77. The van der Waals surface area contributed by atoms with E-state index >= 15 is 0 Å². The Balaban J connectivity index is 1.19. The summed E-state index contributed by atoms with van der Waals surface area (Å²) < 4.78 is 74.5. The van der Waals surface area contributed by atoms with E-state index in [1.54, 1.807) is 6.33 Å². The Kier molecular flexibility index (Phi) is 9.08. The van der Waals surface area contributed by atoms with Gasteiger partial charge in [0.15, 0.2) is 37.2 Å². The summed E-state index contributed by atoms with van der Waals surface area (Å²) in [4.78, 5) is 47.7. The number of hydrogen-bond donors (Lipinski definition) is 5. The summed E-state index contributed by atoms with van der Waals surface area (Å²) in [6.45, 7) is 5.36. The molecule has 2 aliphatic heterocycles. The molecule has 2 saturated carbocycles. The lowest BCUT2D eigenvalue weighted by atomic mass is 10.0. The van der Waals surface area contributed by atoms with Crippen molar-refractivity contribution in [2.24, 2.45) is 11.8 Å². The van der Waals surface area contributed by atoms with E-state index in [0.717, 1.165) is 0 Å². The highest BCUT2D eigenvalue weighted by atomic mass is 32.7. The minimum absolute atomic E-state index is 0.00924. The number of fused-ring (bicyclic) bond motifs is 7. The number of H-pyrrole nitrogens is 1. The first-order valence-corrected chi connectivity index (χ1v) is 24.2. The van der Waals surface area contributed by atoms with Crippen LogP contribution in [0.25, 0.3) is 22.3 Å². The zero-order chi connectivity index (χ0) is 38.7. The Morgan fingerprint density at radius 1 is 1.06 bits per heavy atom. The first-order valence-electron chi connectivity index (χ1n) is 17.1. The number of anilines is 2. The third kappa shape index (κ3) is 6.16. The number of nitrogens with zero attached hydrogens (tertiary/aromatic N) is 7. The van der Waals surface area contributed by atoms with Gasteiger partial charge in [-0.1, -0.05) is 33.0 Å². The Bertz CT molecular complexity index is 2290. The molecule has 4 fully saturated rings. The first kappa shape index (κ1) is 38.1. The predicted molar refractivity (Wildman–Crippen MR) is 197 cm³/mol. The van der Waals surface area contributed by atoms with Gasteiger partial charge in [0.1, 0.15) is 36.3 Å². The molecule has 54 heavy (non-hydrogen) atoms. The number of phosphoric ester groups is 1. The summed E-state index contributed by atoms with van der Waals surface area (Å²) >= 11 is 4.42. The number of rotatable bonds is 5. The van der Waals surface area contributed by atoms with Gasteiger partial charge in [-0.25, -0.2) is 29.1 Å². The molecule has 11 atom stereocenters. The minimum Gasteiger partial charge on any atom is -0.409 e. The van der Waals surface area contributed by atoms with Crippen LogP contribution in [-0.2, 0) is 46.7 Å². The molecule has 0 amide bonds. The van der Waals surface area contributed by atoms with Crippen molar-refractivity contribution in [2.45, 2.75) is 87.6 Å². The molecule has 25 heteroatoms. The van der Waals surface area contributed by atoms with E-state index in [0.29, 0.717) is 17.6 Å². The summed E-state index contributed by atoms with van der Waals surface area (Å²) in [6, 6.07) is 0. The van der Waals surface area contributed by atoms with Crippen molar-refractivity contribution in [2.75, 3.05) is 31.8 Å². The molecule has 21 nitrogen and oxygen atoms in total. The van der Waals surface area contributed by atoms with Crippen LogP contribution in [0.1, 0.15) is 33.4 Å². The fourth-order valence-corrected chi connectivity index (χ4v) is 11.5. The number of nitrogens with two attached hydrogens (primary N) is 2. The maximum absolute atomic E-state index is 14.3. The van der Waals surface area contributed by atoms with Crippen LogP contribution in [0.5, 0.6) is 0 Å². The molecule has 6 heterocycles. The maximum Gasteiger partial charge on any atom is 0.472 e. The van der Waals surface area contributed by atoms with Crippen molar-refractivity contribution in [1.82, 2.24) is 39.0 Å². The summed E-state index contributed by atoms with van der Waals surface area (Å²) in [5.41, 5.74) is 11.3. The zero-order valence-electron chi connectivity index (χ0n) is 30.1. The molecule has 4 aromatic heterocycles. The highest BCUT2D eigenvalue weighted by Crippen LogP contribution is 2.70. The number of aromatic amines is 1. The van der Waals surface area contributed by atoms with E-state index in [1.807, 2.05) is 4.57 Å². The third-order valence-corrected chi connectivity index (χ3v) is 18.5. The molecule has 6 N–H and O–H groups in total. The maximum atomic E-state index is 14.3. The highest BCUT2D eigenvalue weighted by Gasteiger charge is 2.75. The topological polar surface area (TPSA) is 278 Å². The summed E-state index contributed by atoms with van der Waals surface area (Å²) in [5, 5.41) is -0.256. The van der Waals surface area contributed by atoms with Gasteiger partial charge in [0.25, 0.3) is 5.56 Å². The molecule has 294 valence electrons. The van der Waals surface area contributed by atoms with E-state index in [4.69, 9.17) is 43.5 Å². The molecule has 4 aliphatic rings.